The number of thiophene rings is 1. The average Bonchev–Trinajstić information content (AvgIpc) is 3.17. The third-order valence-electron chi connectivity index (χ3n) is 3.58. The zero-order chi connectivity index (χ0) is 16.3. The predicted molar refractivity (Wildman–Crippen MR) is 96.7 cm³/mol. The van der Waals surface area contributed by atoms with E-state index in [9.17, 15) is 0 Å². The number of hydrogen-bond donors (Lipinski definition) is 2. The summed E-state index contributed by atoms with van der Waals surface area (Å²) in [5.41, 5.74) is 7.06. The Morgan fingerprint density at radius 3 is 2.91 bits per heavy atom. The number of benzene rings is 1. The van der Waals surface area contributed by atoms with Crippen LogP contribution in [-0.4, -0.2) is 15.5 Å². The third-order valence-corrected chi connectivity index (χ3v) is 4.99. The van der Waals surface area contributed by atoms with Gasteiger partial charge in [-0.3, -0.25) is 0 Å². The summed E-state index contributed by atoms with van der Waals surface area (Å²) in [7, 11) is 0. The number of aromatic amines is 1. The molecule has 0 radical (unpaired) electrons. The first-order valence-corrected chi connectivity index (χ1v) is 8.93. The Labute approximate surface area is 147 Å². The Hall–Kier alpha value is -1.63. The molecule has 0 saturated heterocycles. The fraction of sp³-hybridized carbons (Fsp3) is 0.235. The van der Waals surface area contributed by atoms with Crippen molar-refractivity contribution in [2.45, 2.75) is 25.0 Å². The molecule has 0 aliphatic carbocycles. The number of ether oxygens (including phenoxy) is 1. The lowest BCUT2D eigenvalue weighted by Crippen LogP contribution is -2.47. The molecule has 0 bridgehead atoms. The minimum atomic E-state index is -0.584. The van der Waals surface area contributed by atoms with Crippen molar-refractivity contribution in [1.29, 1.82) is 0 Å². The van der Waals surface area contributed by atoms with E-state index in [1.807, 2.05) is 42.6 Å². The maximum absolute atomic E-state index is 6.65. The highest BCUT2D eigenvalue weighted by molar-refractivity contribution is 9.10. The molecule has 4 nitrogen and oxygen atoms in total. The molecule has 2 aromatic heterocycles. The minimum Gasteiger partial charge on any atom is -0.483 e. The number of halogens is 1. The zero-order valence-electron chi connectivity index (χ0n) is 12.7. The molecule has 0 fully saturated rings. The standard InChI is InChI=1S/C17H18BrN3OS/c1-17(19,9-13-10-20-11-21-13)16(15-6-3-7-23-15)22-14-5-2-4-12(18)8-14/h2-8,10-11,16H,9,19H2,1H3,(H,20,21). The number of nitrogens with two attached hydrogens (primary N) is 1. The number of aromatic nitrogens is 2. The van der Waals surface area contributed by atoms with Crippen LogP contribution in [0.2, 0.25) is 0 Å². The molecule has 1 aromatic carbocycles. The van der Waals surface area contributed by atoms with Crippen molar-refractivity contribution in [1.82, 2.24) is 9.97 Å². The maximum atomic E-state index is 6.65. The van der Waals surface area contributed by atoms with Crippen molar-refractivity contribution in [3.8, 4) is 5.75 Å². The van der Waals surface area contributed by atoms with Crippen molar-refractivity contribution in [2.75, 3.05) is 0 Å². The van der Waals surface area contributed by atoms with Gasteiger partial charge >= 0.3 is 0 Å². The second kappa shape index (κ2) is 6.86. The first-order valence-electron chi connectivity index (χ1n) is 7.26. The molecule has 0 aliphatic heterocycles. The molecule has 23 heavy (non-hydrogen) atoms. The molecule has 0 saturated carbocycles. The van der Waals surface area contributed by atoms with E-state index in [0.29, 0.717) is 6.42 Å². The highest BCUT2D eigenvalue weighted by Gasteiger charge is 2.35. The zero-order valence-corrected chi connectivity index (χ0v) is 15.1. The van der Waals surface area contributed by atoms with Crippen LogP contribution in [0.5, 0.6) is 5.75 Å². The smallest absolute Gasteiger partial charge is 0.151 e. The van der Waals surface area contributed by atoms with Gasteiger partial charge in [-0.1, -0.05) is 28.1 Å². The highest BCUT2D eigenvalue weighted by atomic mass is 79.9. The number of imidazole rings is 1. The van der Waals surface area contributed by atoms with Crippen molar-refractivity contribution in [3.05, 3.63) is 69.3 Å². The van der Waals surface area contributed by atoms with Gasteiger partial charge in [0.25, 0.3) is 0 Å². The second-order valence-corrected chi connectivity index (χ2v) is 7.63. The van der Waals surface area contributed by atoms with Gasteiger partial charge in [0.2, 0.25) is 0 Å². The van der Waals surface area contributed by atoms with Gasteiger partial charge in [-0.2, -0.15) is 0 Å². The fourth-order valence-electron chi connectivity index (χ4n) is 2.52. The normalized spacial score (nSPS) is 15.1. The van der Waals surface area contributed by atoms with Gasteiger partial charge in [-0.05, 0) is 36.6 Å². The summed E-state index contributed by atoms with van der Waals surface area (Å²) in [6.45, 7) is 2.01. The van der Waals surface area contributed by atoms with Crippen LogP contribution >= 0.6 is 27.3 Å². The molecule has 2 unspecified atom stereocenters. The molecule has 3 rings (SSSR count). The Morgan fingerprint density at radius 2 is 2.26 bits per heavy atom. The van der Waals surface area contributed by atoms with Crippen LogP contribution in [-0.2, 0) is 6.42 Å². The number of nitrogens with zero attached hydrogens (tertiary/aromatic N) is 1. The third kappa shape index (κ3) is 4.02. The Bertz CT molecular complexity index is 741. The minimum absolute atomic E-state index is 0.250. The van der Waals surface area contributed by atoms with E-state index in [1.165, 1.54) is 0 Å². The summed E-state index contributed by atoms with van der Waals surface area (Å²) in [6.07, 6.45) is 3.86. The SMILES string of the molecule is CC(N)(Cc1cnc[nH]1)C(Oc1cccc(Br)c1)c1cccs1. The number of rotatable bonds is 6. The van der Waals surface area contributed by atoms with Gasteiger partial charge in [0, 0.05) is 27.7 Å². The molecule has 6 heteroatoms. The van der Waals surface area contributed by atoms with E-state index in [4.69, 9.17) is 10.5 Å². The van der Waals surface area contributed by atoms with Crippen molar-refractivity contribution >= 4 is 27.3 Å². The van der Waals surface area contributed by atoms with Crippen LogP contribution in [0, 0.1) is 0 Å². The Morgan fingerprint density at radius 1 is 1.39 bits per heavy atom. The molecule has 0 spiro atoms. The monoisotopic (exact) mass is 391 g/mol. The molecule has 3 aromatic rings. The van der Waals surface area contributed by atoms with Crippen molar-refractivity contribution in [2.24, 2.45) is 5.73 Å². The molecule has 2 heterocycles. The first-order chi connectivity index (χ1) is 11.0. The Kier molecular flexibility index (Phi) is 4.84. The largest absolute Gasteiger partial charge is 0.483 e. The fourth-order valence-corrected chi connectivity index (χ4v) is 3.81. The lowest BCUT2D eigenvalue weighted by Gasteiger charge is -2.33. The summed E-state index contributed by atoms with van der Waals surface area (Å²) in [4.78, 5) is 8.29. The molecular weight excluding hydrogens is 374 g/mol. The van der Waals surface area contributed by atoms with Gasteiger partial charge in [0.1, 0.15) is 5.75 Å². The van der Waals surface area contributed by atoms with Gasteiger partial charge in [0.05, 0.1) is 11.9 Å². The number of nitrogens with one attached hydrogen (secondary N) is 1. The first kappa shape index (κ1) is 16.2. The van der Waals surface area contributed by atoms with E-state index in [-0.39, 0.29) is 6.10 Å². The maximum Gasteiger partial charge on any atom is 0.151 e. The van der Waals surface area contributed by atoms with Crippen molar-refractivity contribution in [3.63, 3.8) is 0 Å². The lowest BCUT2D eigenvalue weighted by molar-refractivity contribution is 0.121. The lowest BCUT2D eigenvalue weighted by atomic mass is 9.89. The van der Waals surface area contributed by atoms with E-state index in [1.54, 1.807) is 23.9 Å². The Balaban J connectivity index is 1.89. The van der Waals surface area contributed by atoms with Crippen LogP contribution in [0.1, 0.15) is 23.6 Å². The topological polar surface area (TPSA) is 63.9 Å². The summed E-state index contributed by atoms with van der Waals surface area (Å²) >= 11 is 5.13. The van der Waals surface area contributed by atoms with Gasteiger partial charge in [0.15, 0.2) is 6.10 Å². The number of H-pyrrole nitrogens is 1. The summed E-state index contributed by atoms with van der Waals surface area (Å²) in [5.74, 6) is 0.791. The molecule has 120 valence electrons. The summed E-state index contributed by atoms with van der Waals surface area (Å²) < 4.78 is 7.25. The number of hydrogen-bond acceptors (Lipinski definition) is 4. The molecular formula is C17H18BrN3OS. The second-order valence-electron chi connectivity index (χ2n) is 5.73. The van der Waals surface area contributed by atoms with Crippen molar-refractivity contribution < 1.29 is 4.74 Å². The summed E-state index contributed by atoms with van der Waals surface area (Å²) in [5, 5.41) is 2.04. The highest BCUT2D eigenvalue weighted by Crippen LogP contribution is 2.35. The van der Waals surface area contributed by atoms with E-state index >= 15 is 0 Å². The van der Waals surface area contributed by atoms with Gasteiger partial charge < -0.3 is 15.5 Å². The molecule has 3 N–H and O–H groups in total. The van der Waals surface area contributed by atoms with E-state index in [0.717, 1.165) is 20.8 Å². The summed E-state index contributed by atoms with van der Waals surface area (Å²) in [6, 6.07) is 11.9. The van der Waals surface area contributed by atoms with Gasteiger partial charge in [-0.25, -0.2) is 4.98 Å². The van der Waals surface area contributed by atoms with Gasteiger partial charge in [-0.15, -0.1) is 11.3 Å². The van der Waals surface area contributed by atoms with Crippen LogP contribution < -0.4 is 10.5 Å². The average molecular weight is 392 g/mol. The van der Waals surface area contributed by atoms with Crippen LogP contribution in [0.15, 0.2) is 58.8 Å². The molecule has 0 aliphatic rings. The van der Waals surface area contributed by atoms with E-state index < -0.39 is 5.54 Å². The van der Waals surface area contributed by atoms with E-state index in [2.05, 4.69) is 32.0 Å². The predicted octanol–water partition coefficient (Wildman–Crippen LogP) is 4.31. The molecule has 2 atom stereocenters. The quantitative estimate of drug-likeness (QED) is 0.657. The van der Waals surface area contributed by atoms with Crippen LogP contribution in [0.3, 0.4) is 0 Å². The van der Waals surface area contributed by atoms with Crippen LogP contribution in [0.25, 0.3) is 0 Å². The molecule has 0 amide bonds. The van der Waals surface area contributed by atoms with Crippen LogP contribution in [0.4, 0.5) is 0 Å².